The highest BCUT2D eigenvalue weighted by Crippen LogP contribution is 2.29. The summed E-state index contributed by atoms with van der Waals surface area (Å²) in [5, 5.41) is 6.87. The van der Waals surface area contributed by atoms with E-state index < -0.39 is 0 Å². The van der Waals surface area contributed by atoms with Gasteiger partial charge >= 0.3 is 0 Å². The van der Waals surface area contributed by atoms with Crippen LogP contribution in [0.1, 0.15) is 17.0 Å². The van der Waals surface area contributed by atoms with E-state index in [1.807, 2.05) is 38.1 Å². The zero-order valence-electron chi connectivity index (χ0n) is 14.7. The topological polar surface area (TPSA) is 68.0 Å². The molecule has 0 aliphatic carbocycles. The number of anilines is 1. The second kappa shape index (κ2) is 8.05. The van der Waals surface area contributed by atoms with Crippen molar-refractivity contribution >= 4 is 39.3 Å². The van der Waals surface area contributed by atoms with Crippen LogP contribution >= 0.6 is 27.7 Å². The number of amides is 1. The molecule has 0 radical (unpaired) electrons. The second-order valence-electron chi connectivity index (χ2n) is 5.89. The number of nitrogens with one attached hydrogen (secondary N) is 1. The molecule has 0 spiro atoms. The molecule has 5 nitrogen and oxygen atoms in total. The number of hydrogen-bond donors (Lipinski definition) is 1. The highest BCUT2D eigenvalue weighted by molar-refractivity contribution is 9.10. The fourth-order valence-electron chi connectivity index (χ4n) is 2.44. The first-order chi connectivity index (χ1) is 12.4. The van der Waals surface area contributed by atoms with Crippen molar-refractivity contribution in [1.29, 1.82) is 0 Å². The fraction of sp³-hybridized carbons (Fsp3) is 0.211. The highest BCUT2D eigenvalue weighted by Gasteiger charge is 2.13. The number of halogens is 1. The Hall–Kier alpha value is -2.12. The van der Waals surface area contributed by atoms with Crippen LogP contribution in [0.15, 0.2) is 50.3 Å². The lowest BCUT2D eigenvalue weighted by molar-refractivity contribution is -0.113. The van der Waals surface area contributed by atoms with E-state index in [-0.39, 0.29) is 5.91 Å². The maximum Gasteiger partial charge on any atom is 0.234 e. The number of nitrogens with zero attached hydrogens (tertiary/aromatic N) is 2. The molecule has 0 saturated carbocycles. The number of carbonyl (C=O) groups excluding carboxylic acids is 1. The van der Waals surface area contributed by atoms with Crippen LogP contribution in [0.3, 0.4) is 0 Å². The van der Waals surface area contributed by atoms with Crippen molar-refractivity contribution in [2.24, 2.45) is 0 Å². The van der Waals surface area contributed by atoms with Crippen molar-refractivity contribution in [1.82, 2.24) is 10.1 Å². The van der Waals surface area contributed by atoms with E-state index in [1.54, 1.807) is 6.92 Å². The van der Waals surface area contributed by atoms with Crippen molar-refractivity contribution in [2.75, 3.05) is 11.1 Å². The first kappa shape index (κ1) is 18.7. The highest BCUT2D eigenvalue weighted by atomic mass is 79.9. The first-order valence-corrected chi connectivity index (χ1v) is 9.81. The number of hydrogen-bond acceptors (Lipinski definition) is 5. The summed E-state index contributed by atoms with van der Waals surface area (Å²) in [5.74, 6) is 1.19. The normalized spacial score (nSPS) is 10.8. The number of thioether (sulfide) groups is 1. The minimum atomic E-state index is -0.0809. The quantitative estimate of drug-likeness (QED) is 0.565. The summed E-state index contributed by atoms with van der Waals surface area (Å²) in [6.07, 6.45) is 0. The van der Waals surface area contributed by atoms with Gasteiger partial charge in [-0.2, -0.15) is 4.98 Å². The third-order valence-electron chi connectivity index (χ3n) is 3.78. The van der Waals surface area contributed by atoms with Crippen LogP contribution in [0.4, 0.5) is 5.69 Å². The fourth-order valence-corrected chi connectivity index (χ4v) is 3.80. The average molecular weight is 432 g/mol. The SMILES string of the molecule is Cc1nc(-c2ccccc2NC(=O)CSc2cc(C)c(Br)cc2C)no1. The summed E-state index contributed by atoms with van der Waals surface area (Å²) in [7, 11) is 0. The van der Waals surface area contributed by atoms with Crippen LogP contribution < -0.4 is 5.32 Å². The van der Waals surface area contributed by atoms with Gasteiger partial charge in [0.1, 0.15) is 0 Å². The second-order valence-corrected chi connectivity index (χ2v) is 7.76. The lowest BCUT2D eigenvalue weighted by Gasteiger charge is -2.10. The van der Waals surface area contributed by atoms with Gasteiger partial charge in [-0.15, -0.1) is 11.8 Å². The molecule has 3 aromatic rings. The van der Waals surface area contributed by atoms with Crippen LogP contribution in [0.5, 0.6) is 0 Å². The van der Waals surface area contributed by atoms with E-state index >= 15 is 0 Å². The number of para-hydroxylation sites is 1. The summed E-state index contributed by atoms with van der Waals surface area (Å²) in [6.45, 7) is 5.81. The molecule has 1 amide bonds. The van der Waals surface area contributed by atoms with Gasteiger partial charge in [0, 0.05) is 21.9 Å². The van der Waals surface area contributed by atoms with Crippen LogP contribution in [-0.2, 0) is 4.79 Å². The molecule has 1 aromatic heterocycles. The molecular formula is C19H18BrN3O2S. The molecule has 3 rings (SSSR count). The predicted molar refractivity (Wildman–Crippen MR) is 107 cm³/mol. The van der Waals surface area contributed by atoms with Gasteiger partial charge in [0.25, 0.3) is 0 Å². The van der Waals surface area contributed by atoms with E-state index in [0.29, 0.717) is 23.2 Å². The van der Waals surface area contributed by atoms with Gasteiger partial charge in [-0.1, -0.05) is 33.2 Å². The van der Waals surface area contributed by atoms with Crippen LogP contribution in [-0.4, -0.2) is 21.8 Å². The zero-order valence-corrected chi connectivity index (χ0v) is 17.1. The summed E-state index contributed by atoms with van der Waals surface area (Å²) < 4.78 is 6.11. The first-order valence-electron chi connectivity index (χ1n) is 8.03. The Balaban J connectivity index is 1.71. The molecule has 0 bridgehead atoms. The van der Waals surface area contributed by atoms with Gasteiger partial charge in [-0.05, 0) is 49.2 Å². The number of aryl methyl sites for hydroxylation is 3. The Kier molecular flexibility index (Phi) is 5.78. The molecule has 0 aliphatic heterocycles. The maximum atomic E-state index is 12.4. The summed E-state index contributed by atoms with van der Waals surface area (Å²) in [4.78, 5) is 17.8. The van der Waals surface area contributed by atoms with Gasteiger partial charge in [0.2, 0.25) is 17.6 Å². The van der Waals surface area contributed by atoms with Gasteiger partial charge < -0.3 is 9.84 Å². The Morgan fingerprint density at radius 3 is 2.69 bits per heavy atom. The van der Waals surface area contributed by atoms with Gasteiger partial charge in [0.05, 0.1) is 11.4 Å². The molecule has 0 aliphatic rings. The lowest BCUT2D eigenvalue weighted by atomic mass is 10.1. The molecule has 7 heteroatoms. The van der Waals surface area contributed by atoms with E-state index in [0.717, 1.165) is 26.1 Å². The largest absolute Gasteiger partial charge is 0.339 e. The molecule has 0 unspecified atom stereocenters. The van der Waals surface area contributed by atoms with Crippen molar-refractivity contribution < 1.29 is 9.32 Å². The predicted octanol–water partition coefficient (Wildman–Crippen LogP) is 5.16. The molecule has 2 aromatic carbocycles. The van der Waals surface area contributed by atoms with Gasteiger partial charge in [-0.3, -0.25) is 4.79 Å². The Morgan fingerprint density at radius 1 is 1.19 bits per heavy atom. The number of aromatic nitrogens is 2. The lowest BCUT2D eigenvalue weighted by Crippen LogP contribution is -2.14. The van der Waals surface area contributed by atoms with Crippen LogP contribution in [0.25, 0.3) is 11.4 Å². The summed E-state index contributed by atoms with van der Waals surface area (Å²) in [5.41, 5.74) is 3.69. The Bertz CT molecular complexity index is 956. The van der Waals surface area contributed by atoms with Crippen molar-refractivity contribution in [3.63, 3.8) is 0 Å². The zero-order chi connectivity index (χ0) is 18.7. The van der Waals surface area contributed by atoms with E-state index in [9.17, 15) is 4.79 Å². The molecule has 134 valence electrons. The van der Waals surface area contributed by atoms with Crippen molar-refractivity contribution in [3.05, 3.63) is 57.9 Å². The number of benzene rings is 2. The van der Waals surface area contributed by atoms with Crippen LogP contribution in [0, 0.1) is 20.8 Å². The van der Waals surface area contributed by atoms with Gasteiger partial charge in [0.15, 0.2) is 0 Å². The molecule has 0 saturated heterocycles. The van der Waals surface area contributed by atoms with E-state index in [4.69, 9.17) is 4.52 Å². The van der Waals surface area contributed by atoms with Crippen molar-refractivity contribution in [3.8, 4) is 11.4 Å². The Labute approximate surface area is 164 Å². The van der Waals surface area contributed by atoms with Gasteiger partial charge in [-0.25, -0.2) is 0 Å². The molecule has 26 heavy (non-hydrogen) atoms. The average Bonchev–Trinajstić information content (AvgIpc) is 3.03. The minimum absolute atomic E-state index is 0.0809. The maximum absolute atomic E-state index is 12.4. The molecule has 1 N–H and O–H groups in total. The molecule has 0 atom stereocenters. The van der Waals surface area contributed by atoms with Crippen LogP contribution in [0.2, 0.25) is 0 Å². The monoisotopic (exact) mass is 431 g/mol. The summed E-state index contributed by atoms with van der Waals surface area (Å²) in [6, 6.07) is 11.6. The summed E-state index contributed by atoms with van der Waals surface area (Å²) >= 11 is 5.05. The molecular weight excluding hydrogens is 414 g/mol. The van der Waals surface area contributed by atoms with E-state index in [1.165, 1.54) is 11.8 Å². The number of rotatable bonds is 5. The van der Waals surface area contributed by atoms with Crippen molar-refractivity contribution in [2.45, 2.75) is 25.7 Å². The third kappa shape index (κ3) is 4.34. The molecule has 1 heterocycles. The smallest absolute Gasteiger partial charge is 0.234 e. The van der Waals surface area contributed by atoms with E-state index in [2.05, 4.69) is 43.5 Å². The third-order valence-corrected chi connectivity index (χ3v) is 5.80. The Morgan fingerprint density at radius 2 is 1.96 bits per heavy atom. The minimum Gasteiger partial charge on any atom is -0.339 e. The number of carbonyl (C=O) groups is 1. The standard InChI is InChI=1S/C19H18BrN3O2S/c1-11-9-17(12(2)8-15(11)20)26-10-18(24)22-16-7-5-4-6-14(16)19-21-13(3)25-23-19/h4-9H,10H2,1-3H3,(H,22,24). The molecule has 0 fully saturated rings.